The highest BCUT2D eigenvalue weighted by molar-refractivity contribution is 5.77. The predicted octanol–water partition coefficient (Wildman–Crippen LogP) is 3.81. The number of nitrogens with zero attached hydrogens (tertiary/aromatic N) is 3. The molecular weight excluding hydrogens is 355 g/mol. The quantitative estimate of drug-likeness (QED) is 0.558. The van der Waals surface area contributed by atoms with E-state index in [0.29, 0.717) is 18.5 Å². The Kier molecular flexibility index (Phi) is 5.10. The van der Waals surface area contributed by atoms with Crippen LogP contribution >= 0.6 is 0 Å². The SMILES string of the molecule is O=C(CCc1ccccc1F)NCc1ccc(-n2cnc3ccccc32)nc1. The Bertz CT molecular complexity index is 1100. The van der Waals surface area contributed by atoms with Gasteiger partial charge in [-0.2, -0.15) is 0 Å². The van der Waals surface area contributed by atoms with Crippen LogP contribution in [0.3, 0.4) is 0 Å². The molecule has 140 valence electrons. The number of para-hydroxylation sites is 2. The molecule has 0 radical (unpaired) electrons. The maximum absolute atomic E-state index is 13.6. The fourth-order valence-corrected chi connectivity index (χ4v) is 3.04. The van der Waals surface area contributed by atoms with Gasteiger partial charge in [-0.15, -0.1) is 0 Å². The summed E-state index contributed by atoms with van der Waals surface area (Å²) in [5.74, 6) is 0.373. The molecule has 0 saturated carbocycles. The van der Waals surface area contributed by atoms with Gasteiger partial charge in [0.25, 0.3) is 0 Å². The first-order chi connectivity index (χ1) is 13.7. The molecule has 0 saturated heterocycles. The van der Waals surface area contributed by atoms with E-state index in [2.05, 4.69) is 15.3 Å². The van der Waals surface area contributed by atoms with Crippen LogP contribution < -0.4 is 5.32 Å². The van der Waals surface area contributed by atoms with Gasteiger partial charge in [0.1, 0.15) is 18.0 Å². The third-order valence-electron chi connectivity index (χ3n) is 4.58. The standard InChI is InChI=1S/C22H19FN4O/c23-18-6-2-1-5-17(18)10-12-22(28)25-14-16-9-11-21(24-13-16)27-15-26-19-7-3-4-8-20(19)27/h1-9,11,13,15H,10,12,14H2,(H,25,28). The molecule has 2 aromatic carbocycles. The van der Waals surface area contributed by atoms with Crippen LogP contribution in [-0.4, -0.2) is 20.4 Å². The Balaban J connectivity index is 1.34. The number of pyridine rings is 1. The van der Waals surface area contributed by atoms with E-state index in [-0.39, 0.29) is 18.1 Å². The number of benzene rings is 2. The lowest BCUT2D eigenvalue weighted by Gasteiger charge is -2.07. The highest BCUT2D eigenvalue weighted by Crippen LogP contribution is 2.16. The molecule has 0 unspecified atom stereocenters. The largest absolute Gasteiger partial charge is 0.352 e. The minimum Gasteiger partial charge on any atom is -0.352 e. The van der Waals surface area contributed by atoms with Crippen LogP contribution in [0.2, 0.25) is 0 Å². The lowest BCUT2D eigenvalue weighted by Crippen LogP contribution is -2.23. The summed E-state index contributed by atoms with van der Waals surface area (Å²) in [6, 6.07) is 18.2. The maximum Gasteiger partial charge on any atom is 0.220 e. The van der Waals surface area contributed by atoms with E-state index >= 15 is 0 Å². The summed E-state index contributed by atoms with van der Waals surface area (Å²) in [5, 5.41) is 2.85. The molecule has 0 spiro atoms. The van der Waals surface area contributed by atoms with Crippen molar-refractivity contribution in [2.45, 2.75) is 19.4 Å². The zero-order valence-electron chi connectivity index (χ0n) is 15.2. The first-order valence-electron chi connectivity index (χ1n) is 9.08. The number of hydrogen-bond donors (Lipinski definition) is 1. The molecule has 1 N–H and O–H groups in total. The summed E-state index contributed by atoms with van der Waals surface area (Å²) < 4.78 is 15.5. The average Bonchev–Trinajstić information content (AvgIpc) is 3.16. The van der Waals surface area contributed by atoms with Crippen molar-refractivity contribution in [3.8, 4) is 5.82 Å². The highest BCUT2D eigenvalue weighted by atomic mass is 19.1. The molecule has 0 aliphatic rings. The second-order valence-corrected chi connectivity index (χ2v) is 6.50. The van der Waals surface area contributed by atoms with Gasteiger partial charge in [0.2, 0.25) is 5.91 Å². The van der Waals surface area contributed by atoms with Crippen molar-refractivity contribution in [3.05, 3.63) is 90.1 Å². The zero-order chi connectivity index (χ0) is 19.3. The third kappa shape index (κ3) is 3.91. The van der Waals surface area contributed by atoms with E-state index < -0.39 is 0 Å². The van der Waals surface area contributed by atoms with Crippen LogP contribution in [-0.2, 0) is 17.8 Å². The predicted molar refractivity (Wildman–Crippen MR) is 105 cm³/mol. The van der Waals surface area contributed by atoms with Crippen molar-refractivity contribution in [1.82, 2.24) is 19.9 Å². The molecule has 2 aromatic heterocycles. The van der Waals surface area contributed by atoms with Crippen molar-refractivity contribution in [2.24, 2.45) is 0 Å². The van der Waals surface area contributed by atoms with E-state index in [1.165, 1.54) is 6.07 Å². The van der Waals surface area contributed by atoms with Crippen molar-refractivity contribution >= 4 is 16.9 Å². The molecule has 2 heterocycles. The van der Waals surface area contributed by atoms with E-state index in [0.717, 1.165) is 22.4 Å². The number of carbonyl (C=O) groups excluding carboxylic acids is 1. The van der Waals surface area contributed by atoms with Crippen molar-refractivity contribution < 1.29 is 9.18 Å². The number of halogens is 1. The van der Waals surface area contributed by atoms with Crippen LogP contribution in [0.15, 0.2) is 73.2 Å². The highest BCUT2D eigenvalue weighted by Gasteiger charge is 2.07. The number of hydrogen-bond acceptors (Lipinski definition) is 3. The molecule has 6 heteroatoms. The monoisotopic (exact) mass is 374 g/mol. The minimum atomic E-state index is -0.276. The number of fused-ring (bicyclic) bond motifs is 1. The normalized spacial score (nSPS) is 10.9. The number of imidazole rings is 1. The summed E-state index contributed by atoms with van der Waals surface area (Å²) >= 11 is 0. The molecule has 0 bridgehead atoms. The Hall–Kier alpha value is -3.54. The number of rotatable bonds is 6. The average molecular weight is 374 g/mol. The van der Waals surface area contributed by atoms with E-state index in [1.54, 1.807) is 30.7 Å². The Morgan fingerprint density at radius 2 is 1.82 bits per heavy atom. The number of aryl methyl sites for hydroxylation is 1. The van der Waals surface area contributed by atoms with Gasteiger partial charge < -0.3 is 5.32 Å². The smallest absolute Gasteiger partial charge is 0.220 e. The Labute approximate surface area is 161 Å². The zero-order valence-corrected chi connectivity index (χ0v) is 15.2. The first kappa shape index (κ1) is 17.9. The molecule has 0 aliphatic heterocycles. The van der Waals surface area contributed by atoms with E-state index in [1.807, 2.05) is 41.0 Å². The number of nitrogens with one attached hydrogen (secondary N) is 1. The number of carbonyl (C=O) groups is 1. The Morgan fingerprint density at radius 3 is 2.64 bits per heavy atom. The molecule has 28 heavy (non-hydrogen) atoms. The van der Waals surface area contributed by atoms with Crippen molar-refractivity contribution in [1.29, 1.82) is 0 Å². The van der Waals surface area contributed by atoms with Gasteiger partial charge in [0.15, 0.2) is 0 Å². The Morgan fingerprint density at radius 1 is 1.00 bits per heavy atom. The summed E-state index contributed by atoms with van der Waals surface area (Å²) in [6.45, 7) is 0.383. The van der Waals surface area contributed by atoms with Crippen LogP contribution in [0.1, 0.15) is 17.5 Å². The molecule has 0 fully saturated rings. The third-order valence-corrected chi connectivity index (χ3v) is 4.58. The molecule has 1 amide bonds. The van der Waals surface area contributed by atoms with Gasteiger partial charge >= 0.3 is 0 Å². The summed E-state index contributed by atoms with van der Waals surface area (Å²) in [4.78, 5) is 20.9. The van der Waals surface area contributed by atoms with Crippen molar-refractivity contribution in [3.63, 3.8) is 0 Å². The van der Waals surface area contributed by atoms with Gasteiger partial charge in [-0.1, -0.05) is 36.4 Å². The second-order valence-electron chi connectivity index (χ2n) is 6.50. The van der Waals surface area contributed by atoms with Gasteiger partial charge in [-0.05, 0) is 41.8 Å². The molecule has 4 rings (SSSR count). The number of amides is 1. The summed E-state index contributed by atoms with van der Waals surface area (Å²) in [6.07, 6.45) is 4.11. The summed E-state index contributed by atoms with van der Waals surface area (Å²) in [5.41, 5.74) is 3.35. The van der Waals surface area contributed by atoms with E-state index in [4.69, 9.17) is 0 Å². The lowest BCUT2D eigenvalue weighted by molar-refractivity contribution is -0.121. The van der Waals surface area contributed by atoms with Gasteiger partial charge in [-0.25, -0.2) is 14.4 Å². The van der Waals surface area contributed by atoms with Gasteiger partial charge in [0.05, 0.1) is 11.0 Å². The van der Waals surface area contributed by atoms with Crippen LogP contribution in [0.4, 0.5) is 4.39 Å². The molecular formula is C22H19FN4O. The molecule has 0 aliphatic carbocycles. The van der Waals surface area contributed by atoms with Crippen LogP contribution in [0, 0.1) is 5.82 Å². The van der Waals surface area contributed by atoms with Crippen LogP contribution in [0.5, 0.6) is 0 Å². The number of aromatic nitrogens is 3. The topological polar surface area (TPSA) is 59.8 Å². The van der Waals surface area contributed by atoms with Crippen LogP contribution in [0.25, 0.3) is 16.9 Å². The lowest BCUT2D eigenvalue weighted by atomic mass is 10.1. The first-order valence-corrected chi connectivity index (χ1v) is 9.08. The van der Waals surface area contributed by atoms with Gasteiger partial charge in [0, 0.05) is 19.2 Å². The molecule has 5 nitrogen and oxygen atoms in total. The second kappa shape index (κ2) is 8.00. The molecule has 0 atom stereocenters. The fourth-order valence-electron chi connectivity index (χ4n) is 3.04. The fraction of sp³-hybridized carbons (Fsp3) is 0.136. The minimum absolute atomic E-state index is 0.118. The maximum atomic E-state index is 13.6. The van der Waals surface area contributed by atoms with E-state index in [9.17, 15) is 9.18 Å². The molecule has 4 aromatic rings. The summed E-state index contributed by atoms with van der Waals surface area (Å²) in [7, 11) is 0. The van der Waals surface area contributed by atoms with Gasteiger partial charge in [-0.3, -0.25) is 9.36 Å². The van der Waals surface area contributed by atoms with Crippen molar-refractivity contribution in [2.75, 3.05) is 0 Å².